The summed E-state index contributed by atoms with van der Waals surface area (Å²) >= 11 is 1.68. The maximum absolute atomic E-state index is 9.18. The van der Waals surface area contributed by atoms with Crippen molar-refractivity contribution in [3.63, 3.8) is 0 Å². The summed E-state index contributed by atoms with van der Waals surface area (Å²) in [7, 11) is 0. The van der Waals surface area contributed by atoms with E-state index in [0.29, 0.717) is 0 Å². The van der Waals surface area contributed by atoms with E-state index in [1.54, 1.807) is 11.3 Å². The summed E-state index contributed by atoms with van der Waals surface area (Å²) in [5.74, 6) is 0. The lowest BCUT2D eigenvalue weighted by molar-refractivity contribution is 0.282. The Bertz CT molecular complexity index is 510. The highest BCUT2D eigenvalue weighted by molar-refractivity contribution is 7.09. The quantitative estimate of drug-likeness (QED) is 0.900. The molecule has 96 valence electrons. The summed E-state index contributed by atoms with van der Waals surface area (Å²) in [6.07, 6.45) is 0. The first-order valence-corrected chi connectivity index (χ1v) is 6.96. The highest BCUT2D eigenvalue weighted by atomic mass is 32.1. The Morgan fingerprint density at radius 3 is 2.83 bits per heavy atom. The number of thiazole rings is 1. The number of rotatable bonds is 5. The van der Waals surface area contributed by atoms with Crippen LogP contribution in [-0.2, 0) is 13.2 Å². The number of benzene rings is 1. The molecule has 0 spiro atoms. The highest BCUT2D eigenvalue weighted by Crippen LogP contribution is 2.19. The molecule has 2 aromatic rings. The van der Waals surface area contributed by atoms with Crippen LogP contribution >= 0.6 is 11.3 Å². The van der Waals surface area contributed by atoms with E-state index < -0.39 is 0 Å². The maximum Gasteiger partial charge on any atom is 0.0898 e. The number of anilines is 1. The van der Waals surface area contributed by atoms with Crippen LogP contribution in [0, 0.1) is 6.92 Å². The Morgan fingerprint density at radius 2 is 2.22 bits per heavy atom. The van der Waals surface area contributed by atoms with E-state index >= 15 is 0 Å². The van der Waals surface area contributed by atoms with Gasteiger partial charge in [-0.05, 0) is 31.5 Å². The molecule has 0 saturated carbocycles. The molecule has 0 amide bonds. The van der Waals surface area contributed by atoms with Crippen molar-refractivity contribution in [3.8, 4) is 0 Å². The molecule has 0 atom stereocenters. The molecule has 0 bridgehead atoms. The minimum absolute atomic E-state index is 0.0845. The molecular formula is C14H18N2OS. The van der Waals surface area contributed by atoms with Crippen molar-refractivity contribution in [1.29, 1.82) is 0 Å². The second kappa shape index (κ2) is 5.98. The van der Waals surface area contributed by atoms with Gasteiger partial charge >= 0.3 is 0 Å². The van der Waals surface area contributed by atoms with Crippen LogP contribution in [0.5, 0.6) is 0 Å². The van der Waals surface area contributed by atoms with Crippen molar-refractivity contribution in [3.05, 3.63) is 45.9 Å². The molecule has 0 aliphatic heterocycles. The molecule has 3 nitrogen and oxygen atoms in total. The molecule has 1 heterocycles. The minimum Gasteiger partial charge on any atom is -0.392 e. The molecule has 0 fully saturated rings. The standard InChI is InChI=1S/C14H18N2OS/c1-3-16(8-13-10-18-11(2)15-13)14-6-4-5-12(7-14)9-17/h4-7,10,17H,3,8-9H2,1-2H3. The van der Waals surface area contributed by atoms with Gasteiger partial charge in [-0.25, -0.2) is 4.98 Å². The molecule has 0 saturated heterocycles. The second-order valence-corrected chi connectivity index (χ2v) is 5.26. The van der Waals surface area contributed by atoms with E-state index in [2.05, 4.69) is 28.3 Å². The van der Waals surface area contributed by atoms with Crippen LogP contribution in [-0.4, -0.2) is 16.6 Å². The van der Waals surface area contributed by atoms with Crippen molar-refractivity contribution in [2.75, 3.05) is 11.4 Å². The van der Waals surface area contributed by atoms with Gasteiger partial charge in [-0.1, -0.05) is 12.1 Å². The Labute approximate surface area is 112 Å². The number of aryl methyl sites for hydroxylation is 1. The van der Waals surface area contributed by atoms with Crippen molar-refractivity contribution in [2.24, 2.45) is 0 Å². The zero-order valence-corrected chi connectivity index (χ0v) is 11.6. The van der Waals surface area contributed by atoms with Crippen LogP contribution < -0.4 is 4.90 Å². The molecule has 18 heavy (non-hydrogen) atoms. The van der Waals surface area contributed by atoms with Crippen molar-refractivity contribution < 1.29 is 5.11 Å². The molecule has 1 aromatic carbocycles. The maximum atomic E-state index is 9.18. The molecule has 2 rings (SSSR count). The average molecular weight is 262 g/mol. The summed E-state index contributed by atoms with van der Waals surface area (Å²) in [6, 6.07) is 8.02. The minimum atomic E-state index is 0.0845. The van der Waals surface area contributed by atoms with Crippen LogP contribution in [0.4, 0.5) is 5.69 Å². The number of aromatic nitrogens is 1. The Kier molecular flexibility index (Phi) is 4.33. The first kappa shape index (κ1) is 13.1. The summed E-state index contributed by atoms with van der Waals surface area (Å²) in [5.41, 5.74) is 3.18. The monoisotopic (exact) mass is 262 g/mol. The van der Waals surface area contributed by atoms with Crippen molar-refractivity contribution >= 4 is 17.0 Å². The van der Waals surface area contributed by atoms with Crippen LogP contribution in [0.25, 0.3) is 0 Å². The smallest absolute Gasteiger partial charge is 0.0898 e. The lowest BCUT2D eigenvalue weighted by Crippen LogP contribution is -2.22. The Hall–Kier alpha value is -1.39. The fourth-order valence-corrected chi connectivity index (χ4v) is 2.52. The fourth-order valence-electron chi connectivity index (χ4n) is 1.91. The predicted molar refractivity (Wildman–Crippen MR) is 75.9 cm³/mol. The number of aliphatic hydroxyl groups excluding tert-OH is 1. The van der Waals surface area contributed by atoms with Gasteiger partial charge in [0.1, 0.15) is 0 Å². The third kappa shape index (κ3) is 3.09. The van der Waals surface area contributed by atoms with Gasteiger partial charge in [-0.3, -0.25) is 0 Å². The molecule has 1 N–H and O–H groups in total. The third-order valence-electron chi connectivity index (χ3n) is 2.86. The van der Waals surface area contributed by atoms with Gasteiger partial charge in [0.15, 0.2) is 0 Å². The SMILES string of the molecule is CCN(Cc1csc(C)n1)c1cccc(CO)c1. The van der Waals surface area contributed by atoms with Gasteiger partial charge < -0.3 is 10.0 Å². The van der Waals surface area contributed by atoms with E-state index in [0.717, 1.165) is 35.0 Å². The largest absolute Gasteiger partial charge is 0.392 e. The summed E-state index contributed by atoms with van der Waals surface area (Å²) in [4.78, 5) is 6.75. The topological polar surface area (TPSA) is 36.4 Å². The lowest BCUT2D eigenvalue weighted by Gasteiger charge is -2.22. The van der Waals surface area contributed by atoms with Gasteiger partial charge in [0.05, 0.1) is 23.9 Å². The van der Waals surface area contributed by atoms with Crippen molar-refractivity contribution in [1.82, 2.24) is 4.98 Å². The predicted octanol–water partition coefficient (Wildman–Crippen LogP) is 2.97. The Morgan fingerprint density at radius 1 is 1.39 bits per heavy atom. The molecule has 0 aliphatic rings. The fraction of sp³-hybridized carbons (Fsp3) is 0.357. The van der Waals surface area contributed by atoms with Crippen LogP contribution in [0.3, 0.4) is 0 Å². The molecule has 1 aromatic heterocycles. The second-order valence-electron chi connectivity index (χ2n) is 4.20. The molecule has 0 aliphatic carbocycles. The van der Waals surface area contributed by atoms with Crippen LogP contribution in [0.1, 0.15) is 23.2 Å². The lowest BCUT2D eigenvalue weighted by atomic mass is 10.2. The number of nitrogens with zero attached hydrogens (tertiary/aromatic N) is 2. The average Bonchev–Trinajstić information content (AvgIpc) is 2.81. The zero-order valence-electron chi connectivity index (χ0n) is 10.8. The van der Waals surface area contributed by atoms with Crippen LogP contribution in [0.15, 0.2) is 29.6 Å². The van der Waals surface area contributed by atoms with Gasteiger partial charge in [0.25, 0.3) is 0 Å². The van der Waals surface area contributed by atoms with E-state index in [1.807, 2.05) is 25.1 Å². The van der Waals surface area contributed by atoms with E-state index in [1.165, 1.54) is 0 Å². The normalized spacial score (nSPS) is 10.6. The van der Waals surface area contributed by atoms with E-state index in [9.17, 15) is 5.11 Å². The summed E-state index contributed by atoms with van der Waals surface area (Å²) < 4.78 is 0. The van der Waals surface area contributed by atoms with E-state index in [4.69, 9.17) is 0 Å². The highest BCUT2D eigenvalue weighted by Gasteiger charge is 2.08. The summed E-state index contributed by atoms with van der Waals surface area (Å²) in [5, 5.41) is 12.4. The Balaban J connectivity index is 2.17. The first-order chi connectivity index (χ1) is 8.72. The number of aliphatic hydroxyl groups is 1. The molecule has 4 heteroatoms. The number of hydrogen-bond donors (Lipinski definition) is 1. The third-order valence-corrected chi connectivity index (χ3v) is 3.68. The van der Waals surface area contributed by atoms with E-state index in [-0.39, 0.29) is 6.61 Å². The molecular weight excluding hydrogens is 244 g/mol. The first-order valence-electron chi connectivity index (χ1n) is 6.08. The summed E-state index contributed by atoms with van der Waals surface area (Å²) in [6.45, 7) is 5.98. The van der Waals surface area contributed by atoms with Gasteiger partial charge in [-0.15, -0.1) is 11.3 Å². The molecule has 0 radical (unpaired) electrons. The number of hydrogen-bond acceptors (Lipinski definition) is 4. The van der Waals surface area contributed by atoms with Gasteiger partial charge in [0.2, 0.25) is 0 Å². The molecule has 0 unspecified atom stereocenters. The van der Waals surface area contributed by atoms with Gasteiger partial charge in [-0.2, -0.15) is 0 Å². The van der Waals surface area contributed by atoms with Crippen molar-refractivity contribution in [2.45, 2.75) is 27.0 Å². The van der Waals surface area contributed by atoms with Crippen LogP contribution in [0.2, 0.25) is 0 Å². The van der Waals surface area contributed by atoms with Gasteiger partial charge in [0, 0.05) is 17.6 Å². The zero-order chi connectivity index (χ0) is 13.0.